The minimum atomic E-state index is 0.0603. The number of nitrogens with one attached hydrogen (secondary N) is 1. The first-order valence-electron chi connectivity index (χ1n) is 7.23. The van der Waals surface area contributed by atoms with Crippen molar-refractivity contribution < 1.29 is 9.47 Å². The van der Waals surface area contributed by atoms with E-state index in [-0.39, 0.29) is 6.04 Å². The number of methoxy groups -OCH3 is 1. The van der Waals surface area contributed by atoms with E-state index >= 15 is 0 Å². The fourth-order valence-electron chi connectivity index (χ4n) is 2.18. The Balaban J connectivity index is 2.24. The molecule has 124 valence electrons. The van der Waals surface area contributed by atoms with Crippen LogP contribution in [0.4, 0.5) is 11.5 Å². The molecular weight excluding hydrogens is 316 g/mol. The maximum absolute atomic E-state index is 6.17. The van der Waals surface area contributed by atoms with Crippen LogP contribution < -0.4 is 15.8 Å². The summed E-state index contributed by atoms with van der Waals surface area (Å²) in [4.78, 5) is 8.25. The van der Waals surface area contributed by atoms with Crippen molar-refractivity contribution in [3.8, 4) is 11.6 Å². The summed E-state index contributed by atoms with van der Waals surface area (Å²) in [7, 11) is 1.64. The predicted molar refractivity (Wildman–Crippen MR) is 92.4 cm³/mol. The lowest BCUT2D eigenvalue weighted by molar-refractivity contribution is 0.190. The molecule has 0 spiro atoms. The van der Waals surface area contributed by atoms with Crippen LogP contribution in [0.2, 0.25) is 5.02 Å². The van der Waals surface area contributed by atoms with Gasteiger partial charge in [-0.2, -0.15) is 4.98 Å². The van der Waals surface area contributed by atoms with E-state index in [1.807, 2.05) is 32.9 Å². The number of nitrogen functional groups attached to an aromatic ring is 1. The third-order valence-corrected chi connectivity index (χ3v) is 3.87. The number of ether oxygens (including phenoxy) is 2. The third-order valence-electron chi connectivity index (χ3n) is 3.27. The predicted octanol–water partition coefficient (Wildman–Crippen LogP) is 3.57. The van der Waals surface area contributed by atoms with Crippen LogP contribution in [0.3, 0.4) is 0 Å². The first-order chi connectivity index (χ1) is 10.9. The second-order valence-corrected chi connectivity index (χ2v) is 5.79. The molecule has 0 aliphatic heterocycles. The molecule has 0 aliphatic rings. The first-order valence-corrected chi connectivity index (χ1v) is 7.60. The van der Waals surface area contributed by atoms with Gasteiger partial charge in [-0.05, 0) is 44.0 Å². The van der Waals surface area contributed by atoms with Crippen LogP contribution in [0.15, 0.2) is 18.5 Å². The van der Waals surface area contributed by atoms with E-state index in [1.165, 1.54) is 6.33 Å². The summed E-state index contributed by atoms with van der Waals surface area (Å²) in [6, 6.07) is 3.75. The Morgan fingerprint density at radius 1 is 1.26 bits per heavy atom. The van der Waals surface area contributed by atoms with Gasteiger partial charge in [-0.3, -0.25) is 0 Å². The molecule has 1 atom stereocenters. The lowest BCUT2D eigenvalue weighted by Gasteiger charge is -2.16. The largest absolute Gasteiger partial charge is 0.437 e. The SMILES string of the molecule is COCC(C)Nc1ncnc(Oc2cc(C)c(Cl)c(C)c2)c1N. The molecule has 0 radical (unpaired) electrons. The first kappa shape index (κ1) is 17.3. The molecule has 0 saturated carbocycles. The van der Waals surface area contributed by atoms with Gasteiger partial charge in [-0.1, -0.05) is 11.6 Å². The van der Waals surface area contributed by atoms with Gasteiger partial charge in [0.2, 0.25) is 5.88 Å². The fourth-order valence-corrected chi connectivity index (χ4v) is 2.29. The molecule has 7 heteroatoms. The quantitative estimate of drug-likeness (QED) is 0.839. The van der Waals surface area contributed by atoms with Gasteiger partial charge >= 0.3 is 0 Å². The Kier molecular flexibility index (Phi) is 5.63. The molecule has 0 aliphatic carbocycles. The molecule has 1 aromatic heterocycles. The van der Waals surface area contributed by atoms with E-state index in [4.69, 9.17) is 26.8 Å². The standard InChI is InChI=1S/C16H21ClN4O2/c1-9-5-12(6-10(2)13(9)17)23-16-14(18)15(19-8-20-16)21-11(3)7-22-4/h5-6,8,11H,7,18H2,1-4H3,(H,19,20,21). The fraction of sp³-hybridized carbons (Fsp3) is 0.375. The number of anilines is 2. The number of benzene rings is 1. The number of nitrogens with zero attached hydrogens (tertiary/aromatic N) is 2. The molecule has 1 aromatic carbocycles. The molecule has 0 amide bonds. The molecule has 2 aromatic rings. The average molecular weight is 337 g/mol. The van der Waals surface area contributed by atoms with Crippen LogP contribution in [-0.2, 0) is 4.74 Å². The smallest absolute Gasteiger partial charge is 0.248 e. The molecule has 1 unspecified atom stereocenters. The van der Waals surface area contributed by atoms with Crippen molar-refractivity contribution in [1.29, 1.82) is 0 Å². The van der Waals surface area contributed by atoms with E-state index in [2.05, 4.69) is 15.3 Å². The number of rotatable bonds is 6. The number of aryl methyl sites for hydroxylation is 2. The number of aromatic nitrogens is 2. The molecule has 0 bridgehead atoms. The van der Waals surface area contributed by atoms with Gasteiger partial charge in [-0.15, -0.1) is 0 Å². The zero-order chi connectivity index (χ0) is 17.0. The summed E-state index contributed by atoms with van der Waals surface area (Å²) >= 11 is 6.17. The van der Waals surface area contributed by atoms with Crippen molar-refractivity contribution >= 4 is 23.1 Å². The summed E-state index contributed by atoms with van der Waals surface area (Å²) in [5, 5.41) is 3.89. The number of nitrogens with two attached hydrogens (primary N) is 1. The molecule has 23 heavy (non-hydrogen) atoms. The lowest BCUT2D eigenvalue weighted by Crippen LogP contribution is -2.22. The Bertz CT molecular complexity index is 671. The highest BCUT2D eigenvalue weighted by Crippen LogP contribution is 2.32. The third kappa shape index (κ3) is 4.24. The minimum absolute atomic E-state index is 0.0603. The van der Waals surface area contributed by atoms with Crippen LogP contribution in [0.5, 0.6) is 11.6 Å². The van der Waals surface area contributed by atoms with Gasteiger partial charge in [0.15, 0.2) is 5.82 Å². The zero-order valence-electron chi connectivity index (χ0n) is 13.7. The second kappa shape index (κ2) is 7.48. The van der Waals surface area contributed by atoms with Crippen molar-refractivity contribution in [1.82, 2.24) is 9.97 Å². The van der Waals surface area contributed by atoms with Gasteiger partial charge < -0.3 is 20.5 Å². The lowest BCUT2D eigenvalue weighted by atomic mass is 10.1. The van der Waals surface area contributed by atoms with Crippen molar-refractivity contribution in [3.63, 3.8) is 0 Å². The van der Waals surface area contributed by atoms with E-state index < -0.39 is 0 Å². The molecule has 1 heterocycles. The molecule has 2 rings (SSSR count). The average Bonchev–Trinajstić information content (AvgIpc) is 2.49. The van der Waals surface area contributed by atoms with Crippen LogP contribution in [-0.4, -0.2) is 29.7 Å². The number of hydrogen-bond donors (Lipinski definition) is 2. The van der Waals surface area contributed by atoms with E-state index in [9.17, 15) is 0 Å². The Labute approximate surface area is 141 Å². The van der Waals surface area contributed by atoms with Crippen LogP contribution in [0.1, 0.15) is 18.1 Å². The zero-order valence-corrected chi connectivity index (χ0v) is 14.4. The summed E-state index contributed by atoms with van der Waals surface area (Å²) < 4.78 is 10.9. The highest BCUT2D eigenvalue weighted by Gasteiger charge is 2.13. The second-order valence-electron chi connectivity index (χ2n) is 5.41. The molecule has 0 fully saturated rings. The maximum atomic E-state index is 6.17. The summed E-state index contributed by atoms with van der Waals surface area (Å²) in [5.74, 6) is 1.45. The molecule has 6 nitrogen and oxygen atoms in total. The van der Waals surface area contributed by atoms with E-state index in [0.717, 1.165) is 16.1 Å². The summed E-state index contributed by atoms with van der Waals surface area (Å²) in [6.45, 7) is 6.35. The highest BCUT2D eigenvalue weighted by molar-refractivity contribution is 6.32. The monoisotopic (exact) mass is 336 g/mol. The normalized spacial score (nSPS) is 12.0. The van der Waals surface area contributed by atoms with Gasteiger partial charge in [0.1, 0.15) is 17.8 Å². The molecule has 0 saturated heterocycles. The van der Waals surface area contributed by atoms with Crippen molar-refractivity contribution in [3.05, 3.63) is 34.6 Å². The van der Waals surface area contributed by atoms with Crippen LogP contribution in [0.25, 0.3) is 0 Å². The van der Waals surface area contributed by atoms with E-state index in [1.54, 1.807) is 7.11 Å². The van der Waals surface area contributed by atoms with Gasteiger partial charge in [0, 0.05) is 18.2 Å². The van der Waals surface area contributed by atoms with Crippen LogP contribution in [0, 0.1) is 13.8 Å². The summed E-state index contributed by atoms with van der Waals surface area (Å²) in [5.41, 5.74) is 8.31. The summed E-state index contributed by atoms with van der Waals surface area (Å²) in [6.07, 6.45) is 1.41. The Morgan fingerprint density at radius 3 is 2.52 bits per heavy atom. The molecular formula is C16H21ClN4O2. The molecule has 3 N–H and O–H groups in total. The number of halogens is 1. The van der Waals surface area contributed by atoms with Gasteiger partial charge in [-0.25, -0.2) is 4.98 Å². The van der Waals surface area contributed by atoms with Crippen molar-refractivity contribution in [2.24, 2.45) is 0 Å². The van der Waals surface area contributed by atoms with E-state index in [0.29, 0.717) is 29.7 Å². The van der Waals surface area contributed by atoms with Gasteiger partial charge in [0.25, 0.3) is 0 Å². The van der Waals surface area contributed by atoms with Crippen LogP contribution >= 0.6 is 11.6 Å². The topological polar surface area (TPSA) is 82.3 Å². The Morgan fingerprint density at radius 2 is 1.91 bits per heavy atom. The van der Waals surface area contributed by atoms with Crippen molar-refractivity contribution in [2.75, 3.05) is 24.8 Å². The maximum Gasteiger partial charge on any atom is 0.248 e. The number of hydrogen-bond acceptors (Lipinski definition) is 6. The minimum Gasteiger partial charge on any atom is -0.437 e. The highest BCUT2D eigenvalue weighted by atomic mass is 35.5. The van der Waals surface area contributed by atoms with Crippen molar-refractivity contribution in [2.45, 2.75) is 26.8 Å². The van der Waals surface area contributed by atoms with Gasteiger partial charge in [0.05, 0.1) is 6.61 Å². The Hall–Kier alpha value is -2.05.